The first kappa shape index (κ1) is 32.3. The highest BCUT2D eigenvalue weighted by Gasteiger charge is 2.66. The fourth-order valence-electron chi connectivity index (χ4n) is 9.23. The molecule has 3 aliphatic carbocycles. The number of allylic oxidation sites excluding steroid dienone is 5. The van der Waals surface area contributed by atoms with Crippen LogP contribution in [-0.4, -0.2) is 28.5 Å². The molecule has 2 fully saturated rings. The second-order valence-electron chi connectivity index (χ2n) is 13.6. The number of phenols is 1. The molecule has 6 nitrogen and oxygen atoms in total. The van der Waals surface area contributed by atoms with E-state index in [0.29, 0.717) is 46.4 Å². The first-order valence-corrected chi connectivity index (χ1v) is 18.0. The quantitative estimate of drug-likeness (QED) is 0.123. The molecule has 1 heterocycles. The normalized spacial score (nSPS) is 27.2. The number of fused-ring (bicyclic) bond motifs is 4. The van der Waals surface area contributed by atoms with Crippen molar-refractivity contribution in [3.05, 3.63) is 159 Å². The molecule has 8 rings (SSSR count). The van der Waals surface area contributed by atoms with Crippen molar-refractivity contribution in [1.29, 1.82) is 0 Å². The summed E-state index contributed by atoms with van der Waals surface area (Å²) in [5.41, 5.74) is 2.79. The summed E-state index contributed by atoms with van der Waals surface area (Å²) in [7, 11) is 0. The molecule has 248 valence electrons. The topological polar surface area (TPSA) is 91.8 Å². The Balaban J connectivity index is 1.38. The molecule has 6 atom stereocenters. The predicted octanol–water partition coefficient (Wildman–Crippen LogP) is 7.75. The van der Waals surface area contributed by atoms with Gasteiger partial charge < -0.3 is 5.11 Å². The number of carbonyl (C=O) groups is 4. The lowest BCUT2D eigenvalue weighted by Crippen LogP contribution is -2.58. The average Bonchev–Trinajstić information content (AvgIpc) is 3.40. The zero-order valence-corrected chi connectivity index (χ0v) is 29.3. The molecule has 7 heteroatoms. The number of imide groups is 1. The Kier molecular flexibility index (Phi) is 8.06. The molecular weight excluding hydrogens is 737 g/mol. The van der Waals surface area contributed by atoms with Crippen LogP contribution in [0.4, 0.5) is 5.69 Å². The number of hydrogen-bond donors (Lipinski definition) is 1. The van der Waals surface area contributed by atoms with Gasteiger partial charge in [0.15, 0.2) is 11.6 Å². The van der Waals surface area contributed by atoms with E-state index in [9.17, 15) is 14.7 Å². The lowest BCUT2D eigenvalue weighted by Gasteiger charge is -2.55. The molecule has 0 spiro atoms. The van der Waals surface area contributed by atoms with Crippen molar-refractivity contribution in [3.63, 3.8) is 0 Å². The van der Waals surface area contributed by atoms with Gasteiger partial charge in [-0.15, -0.1) is 6.58 Å². The summed E-state index contributed by atoms with van der Waals surface area (Å²) >= 11 is 2.19. The third-order valence-electron chi connectivity index (χ3n) is 11.3. The zero-order valence-electron chi connectivity index (χ0n) is 27.2. The van der Waals surface area contributed by atoms with E-state index in [4.69, 9.17) is 0 Å². The number of rotatable bonds is 6. The van der Waals surface area contributed by atoms with Crippen molar-refractivity contribution in [1.82, 2.24) is 0 Å². The maximum Gasteiger partial charge on any atom is 0.238 e. The lowest BCUT2D eigenvalue weighted by atomic mass is 9.44. The number of benzene rings is 4. The molecule has 50 heavy (non-hydrogen) atoms. The molecule has 0 bridgehead atoms. The first-order chi connectivity index (χ1) is 24.3. The van der Waals surface area contributed by atoms with Crippen LogP contribution < -0.4 is 4.90 Å². The van der Waals surface area contributed by atoms with E-state index in [1.54, 1.807) is 18.2 Å². The Labute approximate surface area is 304 Å². The van der Waals surface area contributed by atoms with E-state index in [-0.39, 0.29) is 35.6 Å². The monoisotopic (exact) mass is 771 g/mol. The maximum absolute atomic E-state index is 15.2. The second kappa shape index (κ2) is 12.5. The van der Waals surface area contributed by atoms with Gasteiger partial charge >= 0.3 is 0 Å². The summed E-state index contributed by atoms with van der Waals surface area (Å²) in [6.45, 7) is 3.88. The van der Waals surface area contributed by atoms with Crippen LogP contribution in [0.1, 0.15) is 41.0 Å². The van der Waals surface area contributed by atoms with E-state index in [2.05, 4.69) is 29.2 Å². The summed E-state index contributed by atoms with van der Waals surface area (Å²) in [6.07, 6.45) is 6.16. The van der Waals surface area contributed by atoms with Gasteiger partial charge in [-0.3, -0.25) is 24.1 Å². The van der Waals surface area contributed by atoms with E-state index < -0.39 is 35.0 Å². The van der Waals surface area contributed by atoms with Crippen LogP contribution in [0, 0.1) is 27.2 Å². The molecule has 2 amide bonds. The molecular formula is C43H34INO5. The van der Waals surface area contributed by atoms with E-state index in [1.165, 1.54) is 11.0 Å². The van der Waals surface area contributed by atoms with Gasteiger partial charge in [0.1, 0.15) is 5.75 Å². The maximum atomic E-state index is 15.2. The number of ketones is 2. The van der Waals surface area contributed by atoms with Crippen LogP contribution in [0.3, 0.4) is 0 Å². The SMILES string of the molecule is C=CCc1cccc([C@H]2C3=CC[C@@H]4C(=O)N(c5ccc(I)cc5)C(=O)[C@@H]4[C@@H]3C[C@H]3C(=O)C(c4ccccc4)=CC(=O)[C@@]23c2ccccc2)c1O. The number of carbonyl (C=O) groups excluding carboxylic acids is 4. The highest BCUT2D eigenvalue weighted by molar-refractivity contribution is 14.1. The van der Waals surface area contributed by atoms with Crippen LogP contribution >= 0.6 is 22.6 Å². The standard InChI is InChI=1S/C43H34INO5/c1-2-10-26-13-9-16-32(39(26)47)38-30-21-22-31-37(42(50)45(41(31)49)29-19-17-28(44)18-20-29)34(30)23-35-40(48)33(25-11-5-3-6-12-25)24-36(46)43(35,38)27-14-7-4-8-15-27/h2-9,11-21,24,31,34-35,37-38,47H,1,10,22-23H2/t31-,34+,35-,37-,38+,43-/m0/s1. The number of halogens is 1. The second-order valence-corrected chi connectivity index (χ2v) is 14.9. The van der Waals surface area contributed by atoms with Crippen LogP contribution in [0.15, 0.2) is 134 Å². The molecule has 4 aromatic carbocycles. The molecule has 0 aromatic heterocycles. The van der Waals surface area contributed by atoms with Crippen molar-refractivity contribution in [2.24, 2.45) is 23.7 Å². The Morgan fingerprint density at radius 3 is 2.24 bits per heavy atom. The molecule has 1 N–H and O–H groups in total. The average molecular weight is 772 g/mol. The van der Waals surface area contributed by atoms with Gasteiger partial charge in [-0.2, -0.15) is 0 Å². The number of para-hydroxylation sites is 1. The summed E-state index contributed by atoms with van der Waals surface area (Å²) < 4.78 is 0.987. The van der Waals surface area contributed by atoms with Crippen LogP contribution in [0.25, 0.3) is 5.57 Å². The minimum atomic E-state index is -1.41. The molecule has 1 aliphatic heterocycles. The molecule has 4 aromatic rings. The largest absolute Gasteiger partial charge is 0.507 e. The Hall–Kier alpha value is -4.89. The van der Waals surface area contributed by atoms with E-state index >= 15 is 9.59 Å². The van der Waals surface area contributed by atoms with E-state index in [1.807, 2.05) is 97.1 Å². The number of anilines is 1. The van der Waals surface area contributed by atoms with E-state index in [0.717, 1.165) is 9.14 Å². The van der Waals surface area contributed by atoms with Gasteiger partial charge in [0.25, 0.3) is 0 Å². The molecule has 4 aliphatic rings. The summed E-state index contributed by atoms with van der Waals surface area (Å²) in [6, 6.07) is 31.5. The van der Waals surface area contributed by atoms with Crippen molar-refractivity contribution < 1.29 is 24.3 Å². The number of aromatic hydroxyl groups is 1. The summed E-state index contributed by atoms with van der Waals surface area (Å²) in [5.74, 6) is -4.38. The zero-order chi connectivity index (χ0) is 34.7. The number of nitrogens with zero attached hydrogens (tertiary/aromatic N) is 1. The van der Waals surface area contributed by atoms with Gasteiger partial charge in [-0.25, -0.2) is 0 Å². The first-order valence-electron chi connectivity index (χ1n) is 16.9. The fourth-order valence-corrected chi connectivity index (χ4v) is 9.59. The third-order valence-corrected chi connectivity index (χ3v) is 12.0. The van der Waals surface area contributed by atoms with Gasteiger partial charge in [0.05, 0.1) is 22.9 Å². The molecule has 0 unspecified atom stereocenters. The lowest BCUT2D eigenvalue weighted by molar-refractivity contribution is -0.135. The third kappa shape index (κ3) is 4.73. The van der Waals surface area contributed by atoms with Crippen LogP contribution in [0.2, 0.25) is 0 Å². The highest BCUT2D eigenvalue weighted by atomic mass is 127. The van der Waals surface area contributed by atoms with Crippen LogP contribution in [-0.2, 0) is 31.0 Å². The fraction of sp³-hybridized carbons (Fsp3) is 0.209. The Morgan fingerprint density at radius 1 is 0.840 bits per heavy atom. The van der Waals surface area contributed by atoms with Gasteiger partial charge in [-0.1, -0.05) is 96.6 Å². The number of hydrogen-bond acceptors (Lipinski definition) is 5. The molecule has 1 saturated carbocycles. The van der Waals surface area contributed by atoms with Crippen LogP contribution in [0.5, 0.6) is 5.75 Å². The van der Waals surface area contributed by atoms with Crippen molar-refractivity contribution in [2.75, 3.05) is 4.90 Å². The predicted molar refractivity (Wildman–Crippen MR) is 200 cm³/mol. The number of Topliss-reactive ketones (excluding diaryl/α,β-unsaturated/α-hetero) is 1. The van der Waals surface area contributed by atoms with Gasteiger partial charge in [0, 0.05) is 26.5 Å². The number of amides is 2. The van der Waals surface area contributed by atoms with Crippen molar-refractivity contribution >= 4 is 57.2 Å². The van der Waals surface area contributed by atoms with Crippen molar-refractivity contribution in [2.45, 2.75) is 30.6 Å². The van der Waals surface area contributed by atoms with Gasteiger partial charge in [0.2, 0.25) is 11.8 Å². The molecule has 1 saturated heterocycles. The summed E-state index contributed by atoms with van der Waals surface area (Å²) in [4.78, 5) is 60.1. The highest BCUT2D eigenvalue weighted by Crippen LogP contribution is 2.64. The summed E-state index contributed by atoms with van der Waals surface area (Å²) in [5, 5.41) is 12.0. The smallest absolute Gasteiger partial charge is 0.238 e. The Bertz CT molecular complexity index is 2140. The van der Waals surface area contributed by atoms with Gasteiger partial charge in [-0.05, 0) is 94.8 Å². The minimum absolute atomic E-state index is 0.0440. The van der Waals surface area contributed by atoms with Crippen molar-refractivity contribution in [3.8, 4) is 5.75 Å². The number of phenolic OH excluding ortho intramolecular Hbond substituents is 1. The Morgan fingerprint density at radius 2 is 1.54 bits per heavy atom. The minimum Gasteiger partial charge on any atom is -0.507 e. The molecule has 0 radical (unpaired) electrons.